The van der Waals surface area contributed by atoms with Gasteiger partial charge in [0.1, 0.15) is 22.7 Å². The number of fused-ring (bicyclic) bond motifs is 1. The lowest BCUT2D eigenvalue weighted by atomic mass is 10.1. The summed E-state index contributed by atoms with van der Waals surface area (Å²) in [5, 5.41) is 20.7. The smallest absolute Gasteiger partial charge is 0.273 e. The maximum absolute atomic E-state index is 14.8. The fourth-order valence-corrected chi connectivity index (χ4v) is 4.06. The monoisotopic (exact) mass is 444 g/mol. The second-order valence-electron chi connectivity index (χ2n) is 8.16. The van der Waals surface area contributed by atoms with E-state index < -0.39 is 11.4 Å². The molecule has 0 aliphatic carbocycles. The summed E-state index contributed by atoms with van der Waals surface area (Å²) in [5.74, 6) is 0.204. The van der Waals surface area contributed by atoms with E-state index in [-0.39, 0.29) is 11.3 Å². The first-order valence-corrected chi connectivity index (χ1v) is 10.5. The third-order valence-electron chi connectivity index (χ3n) is 5.89. The van der Waals surface area contributed by atoms with Gasteiger partial charge in [0.05, 0.1) is 17.1 Å². The van der Waals surface area contributed by atoms with Crippen molar-refractivity contribution >= 4 is 16.9 Å². The van der Waals surface area contributed by atoms with Gasteiger partial charge in [0.15, 0.2) is 5.82 Å². The van der Waals surface area contributed by atoms with Crippen LogP contribution >= 0.6 is 0 Å². The SMILES string of the molecule is Cc1cc(C#N)cc(F)c1-n1nc2c(-c3ccc(N4CCN(C)CC4)nc3)n[nH]c2cc1=O. The van der Waals surface area contributed by atoms with Crippen LogP contribution in [0, 0.1) is 24.1 Å². The third-order valence-corrected chi connectivity index (χ3v) is 5.89. The highest BCUT2D eigenvalue weighted by Gasteiger charge is 2.19. The maximum atomic E-state index is 14.8. The van der Waals surface area contributed by atoms with E-state index in [1.165, 1.54) is 12.1 Å². The number of piperazine rings is 1. The molecule has 0 saturated carbocycles. The molecule has 33 heavy (non-hydrogen) atoms. The first-order chi connectivity index (χ1) is 15.9. The van der Waals surface area contributed by atoms with Gasteiger partial charge in [-0.05, 0) is 43.8 Å². The molecule has 9 nitrogen and oxygen atoms in total. The number of aromatic amines is 1. The van der Waals surface area contributed by atoms with Crippen molar-refractivity contribution in [2.24, 2.45) is 0 Å². The number of likely N-dealkylation sites (N-methyl/N-ethyl adjacent to an activating group) is 1. The molecule has 10 heteroatoms. The van der Waals surface area contributed by atoms with E-state index in [9.17, 15) is 9.18 Å². The number of anilines is 1. The minimum Gasteiger partial charge on any atom is -0.354 e. The Balaban J connectivity index is 1.55. The molecule has 4 heterocycles. The number of rotatable bonds is 3. The summed E-state index contributed by atoms with van der Waals surface area (Å²) in [6.45, 7) is 5.43. The Morgan fingerprint density at radius 1 is 1.15 bits per heavy atom. The Kier molecular flexibility index (Phi) is 5.11. The number of hydrogen-bond acceptors (Lipinski definition) is 7. The van der Waals surface area contributed by atoms with Crippen LogP contribution in [0.15, 0.2) is 41.3 Å². The molecule has 1 N–H and O–H groups in total. The largest absolute Gasteiger partial charge is 0.354 e. The number of nitriles is 1. The van der Waals surface area contributed by atoms with Crippen molar-refractivity contribution in [3.63, 3.8) is 0 Å². The number of hydrogen-bond donors (Lipinski definition) is 1. The van der Waals surface area contributed by atoms with Crippen LogP contribution in [0.5, 0.6) is 0 Å². The lowest BCUT2D eigenvalue weighted by Crippen LogP contribution is -2.44. The van der Waals surface area contributed by atoms with E-state index in [2.05, 4.69) is 37.1 Å². The number of halogens is 1. The van der Waals surface area contributed by atoms with Crippen LogP contribution in [0.1, 0.15) is 11.1 Å². The molecule has 0 radical (unpaired) electrons. The summed E-state index contributed by atoms with van der Waals surface area (Å²) in [6.07, 6.45) is 1.73. The normalized spacial score (nSPS) is 14.5. The van der Waals surface area contributed by atoms with E-state index >= 15 is 0 Å². The molecule has 166 valence electrons. The van der Waals surface area contributed by atoms with Gasteiger partial charge in [-0.25, -0.2) is 9.37 Å². The molecule has 5 rings (SSSR count). The lowest BCUT2D eigenvalue weighted by Gasteiger charge is -2.33. The molecule has 0 atom stereocenters. The van der Waals surface area contributed by atoms with Gasteiger partial charge in [-0.1, -0.05) is 0 Å². The number of aromatic nitrogens is 5. The van der Waals surface area contributed by atoms with Gasteiger partial charge >= 0.3 is 0 Å². The fraction of sp³-hybridized carbons (Fsp3) is 0.261. The van der Waals surface area contributed by atoms with Crippen LogP contribution < -0.4 is 10.5 Å². The van der Waals surface area contributed by atoms with Gasteiger partial charge in [-0.15, -0.1) is 0 Å². The van der Waals surface area contributed by atoms with Gasteiger partial charge in [0.25, 0.3) is 5.56 Å². The van der Waals surface area contributed by atoms with E-state index in [0.29, 0.717) is 22.3 Å². The summed E-state index contributed by atoms with van der Waals surface area (Å²) < 4.78 is 15.8. The molecule has 4 aromatic rings. The highest BCUT2D eigenvalue weighted by Crippen LogP contribution is 2.26. The van der Waals surface area contributed by atoms with Gasteiger partial charge in [-0.2, -0.15) is 20.1 Å². The van der Waals surface area contributed by atoms with Gasteiger partial charge in [0, 0.05) is 44.0 Å². The van der Waals surface area contributed by atoms with Crippen LogP contribution in [0.25, 0.3) is 28.0 Å². The number of H-pyrrole nitrogens is 1. The number of nitrogens with zero attached hydrogens (tertiary/aromatic N) is 7. The van der Waals surface area contributed by atoms with Crippen molar-refractivity contribution in [1.29, 1.82) is 5.26 Å². The van der Waals surface area contributed by atoms with Crippen molar-refractivity contribution < 1.29 is 4.39 Å². The fourth-order valence-electron chi connectivity index (χ4n) is 4.06. The van der Waals surface area contributed by atoms with Crippen LogP contribution in [-0.4, -0.2) is 63.1 Å². The zero-order valence-electron chi connectivity index (χ0n) is 18.2. The Morgan fingerprint density at radius 2 is 1.94 bits per heavy atom. The summed E-state index contributed by atoms with van der Waals surface area (Å²) in [4.78, 5) is 21.8. The number of nitrogens with one attached hydrogen (secondary N) is 1. The number of pyridine rings is 1. The average Bonchev–Trinajstić information content (AvgIpc) is 3.22. The second kappa shape index (κ2) is 8.11. The second-order valence-corrected chi connectivity index (χ2v) is 8.16. The minimum atomic E-state index is -0.691. The quantitative estimate of drug-likeness (QED) is 0.516. The topological polar surface area (TPSA) is 107 Å². The highest BCUT2D eigenvalue weighted by atomic mass is 19.1. The number of benzene rings is 1. The van der Waals surface area contributed by atoms with Gasteiger partial charge in [0.2, 0.25) is 0 Å². The predicted molar refractivity (Wildman–Crippen MR) is 122 cm³/mol. The van der Waals surface area contributed by atoms with Crippen molar-refractivity contribution in [2.45, 2.75) is 6.92 Å². The van der Waals surface area contributed by atoms with Crippen LogP contribution in [0.3, 0.4) is 0 Å². The predicted octanol–water partition coefficient (Wildman–Crippen LogP) is 2.24. The molecule has 3 aromatic heterocycles. The summed E-state index contributed by atoms with van der Waals surface area (Å²) >= 11 is 0. The van der Waals surface area contributed by atoms with Crippen LogP contribution in [-0.2, 0) is 0 Å². The molecule has 1 fully saturated rings. The third kappa shape index (κ3) is 3.72. The zero-order chi connectivity index (χ0) is 23.1. The standard InChI is InChI=1S/C23H21FN8O/c1-14-9-15(12-25)10-17(24)23(14)32-20(33)11-18-22(29-32)21(28-27-18)16-3-4-19(26-13-16)31-7-5-30(2)6-8-31/h3-4,9-11,13,27H,5-8H2,1-2H3. The molecule has 1 aliphatic heterocycles. The van der Waals surface area contributed by atoms with Crippen LogP contribution in [0.2, 0.25) is 0 Å². The Bertz CT molecular complexity index is 1420. The summed E-state index contributed by atoms with van der Waals surface area (Å²) in [5.41, 5.74) is 2.23. The average molecular weight is 444 g/mol. The first-order valence-electron chi connectivity index (χ1n) is 10.5. The van der Waals surface area contributed by atoms with Crippen molar-refractivity contribution in [2.75, 3.05) is 38.1 Å². The summed E-state index contributed by atoms with van der Waals surface area (Å²) in [7, 11) is 2.11. The molecule has 0 amide bonds. The van der Waals surface area contributed by atoms with Crippen molar-refractivity contribution in [1.82, 2.24) is 29.9 Å². The Hall–Kier alpha value is -4.10. The molecule has 0 bridgehead atoms. The van der Waals surface area contributed by atoms with Gasteiger partial charge in [-0.3, -0.25) is 9.89 Å². The van der Waals surface area contributed by atoms with E-state index in [1.807, 2.05) is 18.2 Å². The minimum absolute atomic E-state index is 0.0107. The van der Waals surface area contributed by atoms with Crippen molar-refractivity contribution in [3.8, 4) is 23.0 Å². The van der Waals surface area contributed by atoms with Gasteiger partial charge < -0.3 is 9.80 Å². The first kappa shape index (κ1) is 20.8. The number of aryl methyl sites for hydroxylation is 1. The molecule has 1 saturated heterocycles. The molecule has 1 aromatic carbocycles. The zero-order valence-corrected chi connectivity index (χ0v) is 18.2. The molecule has 0 spiro atoms. The van der Waals surface area contributed by atoms with Crippen molar-refractivity contribution in [3.05, 3.63) is 63.8 Å². The van der Waals surface area contributed by atoms with E-state index in [1.54, 1.807) is 13.1 Å². The van der Waals surface area contributed by atoms with E-state index in [0.717, 1.165) is 48.3 Å². The molecular formula is C23H21FN8O. The van der Waals surface area contributed by atoms with E-state index in [4.69, 9.17) is 5.26 Å². The molecule has 1 aliphatic rings. The van der Waals surface area contributed by atoms with Crippen LogP contribution in [0.4, 0.5) is 10.2 Å². The molecule has 0 unspecified atom stereocenters. The lowest BCUT2D eigenvalue weighted by molar-refractivity contribution is 0.312. The molecular weight excluding hydrogens is 423 g/mol. The summed E-state index contributed by atoms with van der Waals surface area (Å²) in [6, 6.07) is 9.73. The highest BCUT2D eigenvalue weighted by molar-refractivity contribution is 5.89. The Morgan fingerprint density at radius 3 is 2.61 bits per heavy atom. The maximum Gasteiger partial charge on any atom is 0.273 e. The Labute approximate surface area is 188 Å².